The molecule has 2 aromatic rings. The highest BCUT2D eigenvalue weighted by Crippen LogP contribution is 2.19. The summed E-state index contributed by atoms with van der Waals surface area (Å²) in [6, 6.07) is 10.7. The van der Waals surface area contributed by atoms with Gasteiger partial charge in [0.15, 0.2) is 0 Å². The van der Waals surface area contributed by atoms with E-state index in [1.165, 1.54) is 48.5 Å². The number of anilines is 1. The maximum Gasteiger partial charge on any atom is 0.343 e. The van der Waals surface area contributed by atoms with Crippen LogP contribution >= 0.6 is 0 Å². The van der Waals surface area contributed by atoms with E-state index in [2.05, 4.69) is 4.72 Å². The van der Waals surface area contributed by atoms with E-state index in [1.807, 2.05) is 0 Å². The summed E-state index contributed by atoms with van der Waals surface area (Å²) in [6.07, 6.45) is 1.02. The maximum absolute atomic E-state index is 11.9. The second-order valence-corrected chi connectivity index (χ2v) is 6.34. The van der Waals surface area contributed by atoms with Gasteiger partial charge in [0.1, 0.15) is 5.75 Å². The lowest BCUT2D eigenvalue weighted by Gasteiger charge is -2.06. The number of esters is 1. The fourth-order valence-electron chi connectivity index (χ4n) is 1.69. The third-order valence-electron chi connectivity index (χ3n) is 2.68. The largest absolute Gasteiger partial charge is 0.423 e. The molecule has 23 heavy (non-hydrogen) atoms. The number of non-ortho nitro benzene ring substituents is 1. The van der Waals surface area contributed by atoms with Crippen LogP contribution in [-0.2, 0) is 10.0 Å². The summed E-state index contributed by atoms with van der Waals surface area (Å²) < 4.78 is 29.5. The fourth-order valence-corrected chi connectivity index (χ4v) is 2.25. The topological polar surface area (TPSA) is 116 Å². The van der Waals surface area contributed by atoms with Gasteiger partial charge in [-0.05, 0) is 36.4 Å². The number of rotatable bonds is 5. The third kappa shape index (κ3) is 4.78. The predicted octanol–water partition coefficient (Wildman–Crippen LogP) is 2.19. The molecule has 9 heteroatoms. The number of nitro benzene ring substituents is 1. The third-order valence-corrected chi connectivity index (χ3v) is 3.29. The Bertz CT molecular complexity index is 829. The molecule has 0 spiro atoms. The minimum absolute atomic E-state index is 0.110. The van der Waals surface area contributed by atoms with Gasteiger partial charge in [-0.1, -0.05) is 0 Å². The van der Waals surface area contributed by atoms with Crippen molar-refractivity contribution in [1.82, 2.24) is 0 Å². The van der Waals surface area contributed by atoms with Gasteiger partial charge in [0.05, 0.1) is 16.7 Å². The van der Waals surface area contributed by atoms with Gasteiger partial charge in [-0.15, -0.1) is 0 Å². The lowest BCUT2D eigenvalue weighted by atomic mass is 10.2. The SMILES string of the molecule is CS(=O)(=O)Nc1ccc(C(=O)Oc2ccc([N+](=O)[O-])cc2)cc1. The molecule has 0 aliphatic rings. The molecule has 0 bridgehead atoms. The molecule has 0 saturated carbocycles. The molecule has 0 radical (unpaired) electrons. The molecule has 0 unspecified atom stereocenters. The van der Waals surface area contributed by atoms with Crippen molar-refractivity contribution in [3.63, 3.8) is 0 Å². The Morgan fingerprint density at radius 2 is 1.65 bits per heavy atom. The second-order valence-electron chi connectivity index (χ2n) is 4.59. The first-order chi connectivity index (χ1) is 10.7. The number of nitrogens with zero attached hydrogens (tertiary/aromatic N) is 1. The summed E-state index contributed by atoms with van der Waals surface area (Å²) in [7, 11) is -3.39. The first-order valence-corrected chi connectivity index (χ1v) is 8.18. The number of ether oxygens (including phenoxy) is 1. The average molecular weight is 336 g/mol. The predicted molar refractivity (Wildman–Crippen MR) is 83.0 cm³/mol. The molecule has 120 valence electrons. The normalized spacial score (nSPS) is 10.8. The van der Waals surface area contributed by atoms with Crippen molar-refractivity contribution in [2.45, 2.75) is 0 Å². The van der Waals surface area contributed by atoms with Crippen molar-refractivity contribution in [2.24, 2.45) is 0 Å². The van der Waals surface area contributed by atoms with E-state index in [0.717, 1.165) is 6.26 Å². The number of nitrogens with one attached hydrogen (secondary N) is 1. The molecule has 0 atom stereocenters. The van der Waals surface area contributed by atoms with E-state index < -0.39 is 20.9 Å². The lowest BCUT2D eigenvalue weighted by molar-refractivity contribution is -0.384. The summed E-state index contributed by atoms with van der Waals surface area (Å²) in [5, 5.41) is 10.5. The molecule has 1 N–H and O–H groups in total. The van der Waals surface area contributed by atoms with Crippen LogP contribution < -0.4 is 9.46 Å². The van der Waals surface area contributed by atoms with E-state index in [4.69, 9.17) is 4.74 Å². The van der Waals surface area contributed by atoms with Gasteiger partial charge in [0.2, 0.25) is 10.0 Å². The quantitative estimate of drug-likeness (QED) is 0.387. The van der Waals surface area contributed by atoms with E-state index in [9.17, 15) is 23.3 Å². The van der Waals surface area contributed by atoms with Crippen molar-refractivity contribution in [3.05, 3.63) is 64.2 Å². The molecule has 0 aromatic heterocycles. The average Bonchev–Trinajstić information content (AvgIpc) is 2.46. The van der Waals surface area contributed by atoms with Crippen LogP contribution in [0.1, 0.15) is 10.4 Å². The Labute approximate surface area is 131 Å². The number of nitro groups is 1. The van der Waals surface area contributed by atoms with Crippen LogP contribution in [0.3, 0.4) is 0 Å². The van der Waals surface area contributed by atoms with E-state index in [0.29, 0.717) is 5.69 Å². The number of sulfonamides is 1. The molecule has 0 heterocycles. The zero-order chi connectivity index (χ0) is 17.0. The molecular formula is C14H12N2O6S. The monoisotopic (exact) mass is 336 g/mol. The van der Waals surface area contributed by atoms with Crippen LogP contribution in [0.4, 0.5) is 11.4 Å². The zero-order valence-corrected chi connectivity index (χ0v) is 12.7. The highest BCUT2D eigenvalue weighted by molar-refractivity contribution is 7.92. The molecule has 0 aliphatic carbocycles. The molecule has 0 saturated heterocycles. The highest BCUT2D eigenvalue weighted by atomic mass is 32.2. The Balaban J connectivity index is 2.07. The number of hydrogen-bond donors (Lipinski definition) is 1. The van der Waals surface area contributed by atoms with E-state index in [-0.39, 0.29) is 17.0 Å². The Kier molecular flexibility index (Phi) is 4.60. The van der Waals surface area contributed by atoms with E-state index >= 15 is 0 Å². The number of carbonyl (C=O) groups excluding carboxylic acids is 1. The fraction of sp³-hybridized carbons (Fsp3) is 0.0714. The summed E-state index contributed by atoms with van der Waals surface area (Å²) in [6.45, 7) is 0. The minimum atomic E-state index is -3.39. The first kappa shape index (κ1) is 16.4. The van der Waals surface area contributed by atoms with Gasteiger partial charge in [-0.2, -0.15) is 0 Å². The molecule has 0 amide bonds. The molecule has 0 fully saturated rings. The van der Waals surface area contributed by atoms with E-state index in [1.54, 1.807) is 0 Å². The van der Waals surface area contributed by atoms with Crippen LogP contribution in [0.25, 0.3) is 0 Å². The molecule has 8 nitrogen and oxygen atoms in total. The number of benzene rings is 2. The first-order valence-electron chi connectivity index (χ1n) is 6.29. The van der Waals surface area contributed by atoms with Gasteiger partial charge in [-0.25, -0.2) is 13.2 Å². The van der Waals surface area contributed by atoms with Crippen molar-refractivity contribution in [2.75, 3.05) is 11.0 Å². The maximum atomic E-state index is 11.9. The number of carbonyl (C=O) groups is 1. The minimum Gasteiger partial charge on any atom is -0.423 e. The molecule has 2 rings (SSSR count). The van der Waals surface area contributed by atoms with Crippen molar-refractivity contribution < 1.29 is 22.9 Å². The van der Waals surface area contributed by atoms with Crippen LogP contribution in [0.2, 0.25) is 0 Å². The van der Waals surface area contributed by atoms with Crippen LogP contribution in [0.15, 0.2) is 48.5 Å². The van der Waals surface area contributed by atoms with Crippen LogP contribution in [-0.4, -0.2) is 25.6 Å². The summed E-state index contributed by atoms with van der Waals surface area (Å²) >= 11 is 0. The Morgan fingerprint density at radius 3 is 2.13 bits per heavy atom. The summed E-state index contributed by atoms with van der Waals surface area (Å²) in [5.41, 5.74) is 0.419. The van der Waals surface area contributed by atoms with Gasteiger partial charge in [-0.3, -0.25) is 14.8 Å². The second kappa shape index (κ2) is 6.44. The van der Waals surface area contributed by atoms with Gasteiger partial charge in [0, 0.05) is 17.8 Å². The van der Waals surface area contributed by atoms with Gasteiger partial charge in [0.25, 0.3) is 5.69 Å². The highest BCUT2D eigenvalue weighted by Gasteiger charge is 2.11. The number of hydrogen-bond acceptors (Lipinski definition) is 6. The van der Waals surface area contributed by atoms with Crippen molar-refractivity contribution >= 4 is 27.4 Å². The van der Waals surface area contributed by atoms with Crippen molar-refractivity contribution in [3.8, 4) is 5.75 Å². The van der Waals surface area contributed by atoms with Crippen LogP contribution in [0.5, 0.6) is 5.75 Å². The Morgan fingerprint density at radius 1 is 1.09 bits per heavy atom. The Hall–Kier alpha value is -2.94. The van der Waals surface area contributed by atoms with Crippen molar-refractivity contribution in [1.29, 1.82) is 0 Å². The smallest absolute Gasteiger partial charge is 0.343 e. The molecular weight excluding hydrogens is 324 g/mol. The summed E-state index contributed by atoms with van der Waals surface area (Å²) in [5.74, 6) is -0.497. The zero-order valence-electron chi connectivity index (χ0n) is 11.9. The van der Waals surface area contributed by atoms with Crippen LogP contribution in [0, 0.1) is 10.1 Å². The summed E-state index contributed by atoms with van der Waals surface area (Å²) in [4.78, 5) is 21.9. The lowest BCUT2D eigenvalue weighted by Crippen LogP contribution is -2.11. The van der Waals surface area contributed by atoms with Gasteiger partial charge < -0.3 is 4.74 Å². The van der Waals surface area contributed by atoms with Gasteiger partial charge >= 0.3 is 5.97 Å². The molecule has 0 aliphatic heterocycles. The standard InChI is InChI=1S/C14H12N2O6S/c1-23(20,21)15-11-4-2-10(3-5-11)14(17)22-13-8-6-12(7-9-13)16(18)19/h2-9,15H,1H3. The molecule has 2 aromatic carbocycles.